The van der Waals surface area contributed by atoms with Crippen molar-refractivity contribution >= 4 is 27.7 Å². The summed E-state index contributed by atoms with van der Waals surface area (Å²) in [6.07, 6.45) is 0.909. The lowest BCUT2D eigenvalue weighted by Crippen LogP contribution is -2.33. The summed E-state index contributed by atoms with van der Waals surface area (Å²) in [6.45, 7) is 1.20. The van der Waals surface area contributed by atoms with Gasteiger partial charge in [-0.05, 0) is 45.3 Å². The minimum absolute atomic E-state index is 0.112. The summed E-state index contributed by atoms with van der Waals surface area (Å²) in [5.41, 5.74) is 8.01. The summed E-state index contributed by atoms with van der Waals surface area (Å²) >= 11 is 3.51. The van der Waals surface area contributed by atoms with E-state index in [4.69, 9.17) is 10.5 Å². The number of hydrogen-bond acceptors (Lipinski definition) is 3. The van der Waals surface area contributed by atoms with Crippen molar-refractivity contribution in [3.05, 3.63) is 100 Å². The lowest BCUT2D eigenvalue weighted by molar-refractivity contribution is -0.118. The fraction of sp³-hybridized carbons (Fsp3) is 0.200. The molecule has 5 nitrogen and oxygen atoms in total. The second-order valence-corrected chi connectivity index (χ2v) is 8.01. The first kappa shape index (κ1) is 22.6. The topological polar surface area (TPSA) is 72.6 Å². The number of carbonyl (C=O) groups excluding carboxylic acids is 2. The number of rotatable bonds is 10. The third-order valence-corrected chi connectivity index (χ3v) is 5.42. The standard InChI is InChI=1S/C25H25BrN2O3/c26-22-17-21(11-12-23(22)31-16-14-19-7-3-1-4-8-19)25(30)28(15-13-24(27)29)18-20-9-5-2-6-10-20/h1-12,17H,13-16,18H2,(H2,27,29). The third kappa shape index (κ3) is 6.96. The zero-order valence-corrected chi connectivity index (χ0v) is 18.8. The third-order valence-electron chi connectivity index (χ3n) is 4.80. The average molecular weight is 481 g/mol. The van der Waals surface area contributed by atoms with Crippen molar-refractivity contribution in [1.29, 1.82) is 0 Å². The molecule has 6 heteroatoms. The van der Waals surface area contributed by atoms with E-state index >= 15 is 0 Å². The van der Waals surface area contributed by atoms with E-state index in [1.54, 1.807) is 23.1 Å². The summed E-state index contributed by atoms with van der Waals surface area (Å²) in [6, 6.07) is 25.1. The van der Waals surface area contributed by atoms with Gasteiger partial charge in [-0.1, -0.05) is 60.7 Å². The van der Waals surface area contributed by atoms with Gasteiger partial charge in [-0.15, -0.1) is 0 Å². The van der Waals surface area contributed by atoms with Gasteiger partial charge in [-0.25, -0.2) is 0 Å². The van der Waals surface area contributed by atoms with Crippen LogP contribution in [-0.4, -0.2) is 29.9 Å². The van der Waals surface area contributed by atoms with Gasteiger partial charge < -0.3 is 15.4 Å². The molecule has 0 spiro atoms. The maximum Gasteiger partial charge on any atom is 0.254 e. The second kappa shape index (κ2) is 11.3. The molecule has 3 aromatic carbocycles. The van der Waals surface area contributed by atoms with Gasteiger partial charge in [-0.3, -0.25) is 9.59 Å². The van der Waals surface area contributed by atoms with Crippen LogP contribution in [0.5, 0.6) is 5.75 Å². The minimum Gasteiger partial charge on any atom is -0.492 e. The van der Waals surface area contributed by atoms with Crippen LogP contribution < -0.4 is 10.5 Å². The van der Waals surface area contributed by atoms with Crippen LogP contribution in [-0.2, 0) is 17.8 Å². The van der Waals surface area contributed by atoms with Gasteiger partial charge >= 0.3 is 0 Å². The molecule has 0 aliphatic rings. The van der Waals surface area contributed by atoms with Gasteiger partial charge in [-0.2, -0.15) is 0 Å². The highest BCUT2D eigenvalue weighted by molar-refractivity contribution is 9.10. The van der Waals surface area contributed by atoms with E-state index in [0.29, 0.717) is 28.9 Å². The van der Waals surface area contributed by atoms with Crippen molar-refractivity contribution in [2.45, 2.75) is 19.4 Å². The highest BCUT2D eigenvalue weighted by atomic mass is 79.9. The molecule has 0 bridgehead atoms. The first-order valence-electron chi connectivity index (χ1n) is 10.1. The molecule has 0 unspecified atom stereocenters. The highest BCUT2D eigenvalue weighted by Gasteiger charge is 2.18. The Morgan fingerprint density at radius 2 is 1.55 bits per heavy atom. The van der Waals surface area contributed by atoms with Crippen LogP contribution >= 0.6 is 15.9 Å². The summed E-state index contributed by atoms with van der Waals surface area (Å²) in [5.74, 6) is 0.0788. The van der Waals surface area contributed by atoms with Gasteiger partial charge in [0.25, 0.3) is 5.91 Å². The molecule has 2 N–H and O–H groups in total. The summed E-state index contributed by atoms with van der Waals surface area (Å²) in [4.78, 5) is 26.1. The average Bonchev–Trinajstić information content (AvgIpc) is 2.78. The Labute approximate surface area is 191 Å². The molecule has 0 heterocycles. The van der Waals surface area contributed by atoms with Crippen LogP contribution in [0.25, 0.3) is 0 Å². The number of primary amides is 1. The monoisotopic (exact) mass is 480 g/mol. The quantitative estimate of drug-likeness (QED) is 0.461. The molecule has 3 aromatic rings. The minimum atomic E-state index is -0.436. The highest BCUT2D eigenvalue weighted by Crippen LogP contribution is 2.27. The molecule has 0 fully saturated rings. The van der Waals surface area contributed by atoms with Gasteiger partial charge in [0, 0.05) is 31.5 Å². The molecule has 0 radical (unpaired) electrons. The molecule has 2 amide bonds. The zero-order valence-electron chi connectivity index (χ0n) is 17.2. The number of hydrogen-bond donors (Lipinski definition) is 1. The Balaban J connectivity index is 1.67. The predicted molar refractivity (Wildman–Crippen MR) is 125 cm³/mol. The van der Waals surface area contributed by atoms with E-state index < -0.39 is 5.91 Å². The predicted octanol–water partition coefficient (Wildman–Crippen LogP) is 4.59. The molecule has 160 valence electrons. The number of nitrogens with two attached hydrogens (primary N) is 1. The molecule has 3 rings (SSSR count). The van der Waals surface area contributed by atoms with Crippen LogP contribution in [0, 0.1) is 0 Å². The SMILES string of the molecule is NC(=O)CCN(Cc1ccccc1)C(=O)c1ccc(OCCc2ccccc2)c(Br)c1. The van der Waals surface area contributed by atoms with Crippen LogP contribution in [0.15, 0.2) is 83.3 Å². The number of carbonyl (C=O) groups is 2. The molecule has 31 heavy (non-hydrogen) atoms. The molecule has 0 saturated heterocycles. The van der Waals surface area contributed by atoms with Crippen LogP contribution in [0.2, 0.25) is 0 Å². The Bertz CT molecular complexity index is 1010. The van der Waals surface area contributed by atoms with Gasteiger partial charge in [0.05, 0.1) is 11.1 Å². The van der Waals surface area contributed by atoms with Crippen molar-refractivity contribution < 1.29 is 14.3 Å². The van der Waals surface area contributed by atoms with Crippen molar-refractivity contribution in [3.8, 4) is 5.75 Å². The van der Waals surface area contributed by atoms with Crippen molar-refractivity contribution in [3.63, 3.8) is 0 Å². The van der Waals surface area contributed by atoms with Gasteiger partial charge in [0.1, 0.15) is 5.75 Å². The van der Waals surface area contributed by atoms with Gasteiger partial charge in [0.2, 0.25) is 5.91 Å². The number of benzene rings is 3. The molecule has 0 atom stereocenters. The Hall–Kier alpha value is -3.12. The number of nitrogens with zero attached hydrogens (tertiary/aromatic N) is 1. The van der Waals surface area contributed by atoms with E-state index in [1.807, 2.05) is 48.5 Å². The molecular weight excluding hydrogens is 456 g/mol. The fourth-order valence-electron chi connectivity index (χ4n) is 3.16. The van der Waals surface area contributed by atoms with Crippen molar-refractivity contribution in [1.82, 2.24) is 4.90 Å². The first-order valence-corrected chi connectivity index (χ1v) is 10.9. The lowest BCUT2D eigenvalue weighted by Gasteiger charge is -2.23. The van der Waals surface area contributed by atoms with Crippen LogP contribution in [0.4, 0.5) is 0 Å². The molecule has 0 aliphatic heterocycles. The molecular formula is C25H25BrN2O3. The molecule has 0 saturated carbocycles. The Kier molecular flexibility index (Phi) is 8.24. The van der Waals surface area contributed by atoms with E-state index in [2.05, 4.69) is 28.1 Å². The summed E-state index contributed by atoms with van der Waals surface area (Å²) in [7, 11) is 0. The zero-order chi connectivity index (χ0) is 22.1. The lowest BCUT2D eigenvalue weighted by atomic mass is 10.1. The van der Waals surface area contributed by atoms with E-state index in [-0.39, 0.29) is 18.9 Å². The van der Waals surface area contributed by atoms with Gasteiger partial charge in [0.15, 0.2) is 0 Å². The summed E-state index contributed by atoms with van der Waals surface area (Å²) < 4.78 is 6.59. The number of amides is 2. The normalized spacial score (nSPS) is 10.5. The maximum absolute atomic E-state index is 13.1. The Morgan fingerprint density at radius 3 is 2.16 bits per heavy atom. The maximum atomic E-state index is 13.1. The molecule has 0 aliphatic carbocycles. The van der Waals surface area contributed by atoms with E-state index in [9.17, 15) is 9.59 Å². The van der Waals surface area contributed by atoms with Crippen LogP contribution in [0.1, 0.15) is 27.9 Å². The van der Waals surface area contributed by atoms with E-state index in [0.717, 1.165) is 12.0 Å². The van der Waals surface area contributed by atoms with Crippen LogP contribution in [0.3, 0.4) is 0 Å². The second-order valence-electron chi connectivity index (χ2n) is 7.16. The van der Waals surface area contributed by atoms with Crippen molar-refractivity contribution in [2.75, 3.05) is 13.2 Å². The van der Waals surface area contributed by atoms with E-state index in [1.165, 1.54) is 5.56 Å². The molecule has 0 aromatic heterocycles. The smallest absolute Gasteiger partial charge is 0.254 e. The van der Waals surface area contributed by atoms with Crippen molar-refractivity contribution in [2.24, 2.45) is 5.73 Å². The largest absolute Gasteiger partial charge is 0.492 e. The number of ether oxygens (including phenoxy) is 1. The fourth-order valence-corrected chi connectivity index (χ4v) is 3.65. The first-order chi connectivity index (χ1) is 15.0. The number of halogens is 1. The Morgan fingerprint density at radius 1 is 0.903 bits per heavy atom. The summed E-state index contributed by atoms with van der Waals surface area (Å²) in [5, 5.41) is 0.